The average molecular weight is 84.1 g/mol. The van der Waals surface area contributed by atoms with Crippen LogP contribution in [0.5, 0.6) is 0 Å². The maximum atomic E-state index is 4.39. The highest BCUT2D eigenvalue weighted by Gasteiger charge is 1.75. The highest BCUT2D eigenvalue weighted by molar-refractivity contribution is 5.13. The SMILES string of the molecule is C=[O+]CC(=C)[CH2-]. The van der Waals surface area contributed by atoms with E-state index in [2.05, 4.69) is 24.7 Å². The lowest BCUT2D eigenvalue weighted by Gasteiger charge is -1.82. The Hall–Kier alpha value is -0.720. The molecule has 0 spiro atoms. The van der Waals surface area contributed by atoms with Crippen molar-refractivity contribution in [2.75, 3.05) is 6.61 Å². The van der Waals surface area contributed by atoms with Crippen molar-refractivity contribution in [1.29, 1.82) is 0 Å². The van der Waals surface area contributed by atoms with E-state index in [0.717, 1.165) is 5.57 Å². The zero-order chi connectivity index (χ0) is 4.99. The van der Waals surface area contributed by atoms with Gasteiger partial charge in [-0.2, -0.15) is 0 Å². The predicted molar refractivity (Wildman–Crippen MR) is 26.5 cm³/mol. The topological polar surface area (TPSA) is 11.3 Å². The Morgan fingerprint density at radius 1 is 1.83 bits per heavy atom. The molecule has 0 fully saturated rings. The molecule has 0 aromatic carbocycles. The Bertz CT molecular complexity index is 64.3. The molecule has 0 saturated carbocycles. The van der Waals surface area contributed by atoms with Gasteiger partial charge < -0.3 is 0 Å². The lowest BCUT2D eigenvalue weighted by atomic mass is 10.4. The summed E-state index contributed by atoms with van der Waals surface area (Å²) in [5.41, 5.74) is 0.755. The van der Waals surface area contributed by atoms with Gasteiger partial charge in [0.15, 0.2) is 0 Å². The van der Waals surface area contributed by atoms with Gasteiger partial charge in [-0.3, -0.25) is 4.42 Å². The quantitative estimate of drug-likeness (QED) is 0.345. The lowest BCUT2D eigenvalue weighted by Crippen LogP contribution is -1.81. The first-order valence-electron chi connectivity index (χ1n) is 1.64. The van der Waals surface area contributed by atoms with Crippen molar-refractivity contribution in [2.24, 2.45) is 0 Å². The van der Waals surface area contributed by atoms with Crippen molar-refractivity contribution in [1.82, 2.24) is 0 Å². The lowest BCUT2D eigenvalue weighted by molar-refractivity contribution is -0.436. The van der Waals surface area contributed by atoms with Crippen molar-refractivity contribution in [3.63, 3.8) is 0 Å². The van der Waals surface area contributed by atoms with Gasteiger partial charge in [0.05, 0.1) is 0 Å². The van der Waals surface area contributed by atoms with Crippen molar-refractivity contribution in [3.8, 4) is 0 Å². The molecule has 0 radical (unpaired) electrons. The van der Waals surface area contributed by atoms with Gasteiger partial charge in [-0.25, -0.2) is 13.5 Å². The smallest absolute Gasteiger partial charge is 0.269 e. The molecule has 0 aromatic rings. The van der Waals surface area contributed by atoms with Gasteiger partial charge in [-0.05, 0) is 0 Å². The molecule has 0 aliphatic rings. The van der Waals surface area contributed by atoms with E-state index in [1.165, 1.54) is 0 Å². The van der Waals surface area contributed by atoms with Gasteiger partial charge in [0.25, 0.3) is 13.4 Å². The number of rotatable bonds is 2. The summed E-state index contributed by atoms with van der Waals surface area (Å²) in [4.78, 5) is 0. The zero-order valence-corrected chi connectivity index (χ0v) is 3.74. The Labute approximate surface area is 38.0 Å². The fourth-order valence-electron chi connectivity index (χ4n) is 0.144. The minimum Gasteiger partial charge on any atom is -0.269 e. The number of hydrogen-bond acceptors (Lipinski definition) is 0. The summed E-state index contributed by atoms with van der Waals surface area (Å²) in [7, 11) is 0. The van der Waals surface area contributed by atoms with Crippen LogP contribution in [0, 0.1) is 6.92 Å². The Balaban J connectivity index is 3.05. The molecule has 1 heteroatoms. The molecule has 34 valence electrons. The normalized spacial score (nSPS) is 7.33. The van der Waals surface area contributed by atoms with E-state index in [1.807, 2.05) is 0 Å². The Morgan fingerprint density at radius 3 is 2.33 bits per heavy atom. The standard InChI is InChI=1S/C5H8O/c1-5(2)4-6-3/h1-4H2. The molecule has 0 unspecified atom stereocenters. The molecule has 1 nitrogen and oxygen atoms in total. The maximum absolute atomic E-state index is 4.39. The van der Waals surface area contributed by atoms with Gasteiger partial charge in [0, 0.05) is 0 Å². The molecule has 6 heavy (non-hydrogen) atoms. The van der Waals surface area contributed by atoms with Crippen LogP contribution in [0.1, 0.15) is 0 Å². The van der Waals surface area contributed by atoms with E-state index in [1.54, 1.807) is 0 Å². The highest BCUT2D eigenvalue weighted by Crippen LogP contribution is 1.78. The maximum Gasteiger partial charge on any atom is 0.274 e. The van der Waals surface area contributed by atoms with Crippen molar-refractivity contribution < 1.29 is 4.42 Å². The van der Waals surface area contributed by atoms with Crippen LogP contribution in [0.25, 0.3) is 0 Å². The summed E-state index contributed by atoms with van der Waals surface area (Å²) in [5.74, 6) is 0. The third-order valence-corrected chi connectivity index (χ3v) is 0.306. The van der Waals surface area contributed by atoms with Crippen molar-refractivity contribution >= 4 is 6.79 Å². The van der Waals surface area contributed by atoms with Crippen LogP contribution in [0.15, 0.2) is 12.2 Å². The molecule has 0 heterocycles. The van der Waals surface area contributed by atoms with Crippen molar-refractivity contribution in [2.45, 2.75) is 0 Å². The summed E-state index contributed by atoms with van der Waals surface area (Å²) in [6, 6.07) is 0. The van der Waals surface area contributed by atoms with E-state index >= 15 is 0 Å². The molecule has 0 aromatic heterocycles. The molecular weight excluding hydrogens is 76.1 g/mol. The van der Waals surface area contributed by atoms with Crippen LogP contribution in [0.2, 0.25) is 0 Å². The van der Waals surface area contributed by atoms with Crippen LogP contribution in [-0.2, 0) is 4.42 Å². The molecule has 0 saturated heterocycles. The fourth-order valence-corrected chi connectivity index (χ4v) is 0.144. The van der Waals surface area contributed by atoms with Crippen LogP contribution < -0.4 is 0 Å². The Morgan fingerprint density at radius 2 is 2.33 bits per heavy atom. The van der Waals surface area contributed by atoms with Crippen molar-refractivity contribution in [3.05, 3.63) is 19.1 Å². The van der Waals surface area contributed by atoms with Crippen LogP contribution in [-0.4, -0.2) is 13.4 Å². The summed E-state index contributed by atoms with van der Waals surface area (Å²) < 4.78 is 4.39. The monoisotopic (exact) mass is 84.1 g/mol. The predicted octanol–water partition coefficient (Wildman–Crippen LogP) is 0.741. The van der Waals surface area contributed by atoms with Crippen LogP contribution in [0.4, 0.5) is 0 Å². The third-order valence-electron chi connectivity index (χ3n) is 0.306. The summed E-state index contributed by atoms with van der Waals surface area (Å²) in [5, 5.41) is 0. The number of carbonyl (C=O) groups excluding carboxylic acids is 1. The average Bonchev–Trinajstić information content (AvgIpc) is 1.35. The zero-order valence-electron chi connectivity index (χ0n) is 3.74. The van der Waals surface area contributed by atoms with Gasteiger partial charge in [-0.15, -0.1) is 5.57 Å². The molecule has 0 rings (SSSR count). The van der Waals surface area contributed by atoms with E-state index in [4.69, 9.17) is 0 Å². The Kier molecular flexibility index (Phi) is 2.21. The molecule has 0 aliphatic carbocycles. The third kappa shape index (κ3) is 3.28. The molecule has 0 bridgehead atoms. The van der Waals surface area contributed by atoms with E-state index in [0.29, 0.717) is 6.61 Å². The molecular formula is C5H8O. The van der Waals surface area contributed by atoms with Gasteiger partial charge >= 0.3 is 0 Å². The van der Waals surface area contributed by atoms with E-state index < -0.39 is 0 Å². The minimum absolute atomic E-state index is 0.458. The van der Waals surface area contributed by atoms with Gasteiger partial charge in [0.1, 0.15) is 0 Å². The minimum atomic E-state index is 0.458. The molecule has 0 aliphatic heterocycles. The molecule has 0 amide bonds. The largest absolute Gasteiger partial charge is 0.274 e. The fraction of sp³-hybridized carbons (Fsp3) is 0.200. The number of hydrogen-bond donors (Lipinski definition) is 0. The van der Waals surface area contributed by atoms with E-state index in [-0.39, 0.29) is 0 Å². The summed E-state index contributed by atoms with van der Waals surface area (Å²) >= 11 is 0. The van der Waals surface area contributed by atoms with Gasteiger partial charge in [-0.1, -0.05) is 0 Å². The second-order valence-electron chi connectivity index (χ2n) is 1.10. The summed E-state index contributed by atoms with van der Waals surface area (Å²) in [6.07, 6.45) is 0. The first kappa shape index (κ1) is 5.28. The first-order valence-corrected chi connectivity index (χ1v) is 1.64. The van der Waals surface area contributed by atoms with E-state index in [9.17, 15) is 0 Å². The van der Waals surface area contributed by atoms with Gasteiger partial charge in [0.2, 0.25) is 0 Å². The first-order chi connectivity index (χ1) is 2.77. The molecule has 0 atom stereocenters. The highest BCUT2D eigenvalue weighted by atomic mass is 16.4. The molecule has 0 N–H and O–H groups in total. The van der Waals surface area contributed by atoms with Crippen LogP contribution >= 0.6 is 0 Å². The summed E-state index contributed by atoms with van der Waals surface area (Å²) in [6.45, 7) is 10.5. The van der Waals surface area contributed by atoms with Crippen LogP contribution in [0.3, 0.4) is 0 Å². The second-order valence-corrected chi connectivity index (χ2v) is 1.10. The second kappa shape index (κ2) is 2.51.